The third-order valence-corrected chi connectivity index (χ3v) is 4.85. The number of carbonyl (C=O) groups is 1. The zero-order chi connectivity index (χ0) is 15.9. The quantitative estimate of drug-likeness (QED) is 0.754. The molecule has 0 atom stereocenters. The summed E-state index contributed by atoms with van der Waals surface area (Å²) in [6, 6.07) is 3.05. The maximum absolute atomic E-state index is 12.8. The predicted octanol–water partition coefficient (Wildman–Crippen LogP) is 4.07. The molecule has 2 N–H and O–H groups in total. The Morgan fingerprint density at radius 2 is 2.14 bits per heavy atom. The molecule has 0 aliphatic rings. The Bertz CT molecular complexity index is 843. The molecule has 9 heteroatoms. The summed E-state index contributed by atoms with van der Waals surface area (Å²) >= 11 is 2.79. The van der Waals surface area contributed by atoms with Crippen LogP contribution < -0.4 is 10.6 Å². The Kier molecular flexibility index (Phi) is 3.69. The first-order valence-corrected chi connectivity index (χ1v) is 8.06. The van der Waals surface area contributed by atoms with E-state index in [2.05, 4.69) is 20.6 Å². The fourth-order valence-corrected chi connectivity index (χ4v) is 3.55. The van der Waals surface area contributed by atoms with E-state index in [0.29, 0.717) is 10.6 Å². The number of fused-ring (bicyclic) bond motifs is 3. The van der Waals surface area contributed by atoms with Gasteiger partial charge in [0.15, 0.2) is 5.13 Å². The maximum atomic E-state index is 12.8. The van der Waals surface area contributed by atoms with Crippen molar-refractivity contribution in [3.8, 4) is 0 Å². The second kappa shape index (κ2) is 5.40. The average molecular weight is 342 g/mol. The van der Waals surface area contributed by atoms with Crippen LogP contribution in [-0.2, 0) is 0 Å². The van der Waals surface area contributed by atoms with Crippen LogP contribution in [0, 0.1) is 0 Å². The van der Waals surface area contributed by atoms with Crippen molar-refractivity contribution in [2.45, 2.75) is 25.8 Å². The highest BCUT2D eigenvalue weighted by atomic mass is 32.1. The molecular formula is C13H12F2N4OS2. The minimum atomic E-state index is -2.66. The third-order valence-electron chi connectivity index (χ3n) is 3.06. The summed E-state index contributed by atoms with van der Waals surface area (Å²) in [7, 11) is 0. The van der Waals surface area contributed by atoms with E-state index in [-0.39, 0.29) is 0 Å². The van der Waals surface area contributed by atoms with E-state index in [1.807, 2.05) is 12.1 Å². The summed E-state index contributed by atoms with van der Waals surface area (Å²) in [6.45, 7) is 2.52. The SMILES string of the molecule is CC(C)(NC(=O)Nc1nc2ccc3scnc3c2s1)C(F)F. The smallest absolute Gasteiger partial charge is 0.321 e. The summed E-state index contributed by atoms with van der Waals surface area (Å²) in [6.07, 6.45) is -2.66. The number of aromatic nitrogens is 2. The number of nitrogens with one attached hydrogen (secondary N) is 2. The molecule has 1 aromatic carbocycles. The molecule has 0 fully saturated rings. The lowest BCUT2D eigenvalue weighted by Gasteiger charge is -2.24. The third kappa shape index (κ3) is 2.73. The van der Waals surface area contributed by atoms with Gasteiger partial charge in [0.1, 0.15) is 5.52 Å². The van der Waals surface area contributed by atoms with Crippen molar-refractivity contribution in [1.29, 1.82) is 0 Å². The molecule has 5 nitrogen and oxygen atoms in total. The second-order valence-corrected chi connectivity index (χ2v) is 7.12. The molecule has 0 aliphatic carbocycles. The van der Waals surface area contributed by atoms with Crippen molar-refractivity contribution in [2.24, 2.45) is 0 Å². The van der Waals surface area contributed by atoms with E-state index < -0.39 is 18.0 Å². The Balaban J connectivity index is 1.84. The molecule has 2 amide bonds. The summed E-state index contributed by atoms with van der Waals surface area (Å²) in [5, 5.41) is 5.08. The highest BCUT2D eigenvalue weighted by Gasteiger charge is 2.31. The number of nitrogens with zero attached hydrogens (tertiary/aromatic N) is 2. The Morgan fingerprint density at radius 3 is 2.86 bits per heavy atom. The Morgan fingerprint density at radius 1 is 1.36 bits per heavy atom. The van der Waals surface area contributed by atoms with Gasteiger partial charge in [-0.2, -0.15) is 0 Å². The minimum absolute atomic E-state index is 0.345. The number of amides is 2. The van der Waals surface area contributed by atoms with Gasteiger partial charge < -0.3 is 5.32 Å². The minimum Gasteiger partial charge on any atom is -0.327 e. The fourth-order valence-electron chi connectivity index (χ4n) is 1.84. The molecule has 2 aromatic heterocycles. The number of hydrogen-bond donors (Lipinski definition) is 2. The van der Waals surface area contributed by atoms with Gasteiger partial charge >= 0.3 is 6.03 Å². The number of alkyl halides is 2. The first-order valence-electron chi connectivity index (χ1n) is 6.37. The van der Waals surface area contributed by atoms with Gasteiger partial charge in [-0.25, -0.2) is 23.5 Å². The first-order chi connectivity index (χ1) is 10.4. The van der Waals surface area contributed by atoms with E-state index in [1.54, 1.807) is 5.51 Å². The zero-order valence-electron chi connectivity index (χ0n) is 11.7. The summed E-state index contributed by atoms with van der Waals surface area (Å²) in [5.74, 6) is 0. The largest absolute Gasteiger partial charge is 0.327 e. The Labute approximate surface area is 132 Å². The van der Waals surface area contributed by atoms with Gasteiger partial charge in [-0.05, 0) is 26.0 Å². The molecule has 0 saturated carbocycles. The van der Waals surface area contributed by atoms with Crippen LogP contribution in [0.15, 0.2) is 17.6 Å². The molecule has 3 aromatic rings. The second-order valence-electron chi connectivity index (χ2n) is 5.23. The van der Waals surface area contributed by atoms with E-state index >= 15 is 0 Å². The van der Waals surface area contributed by atoms with Gasteiger partial charge in [-0.15, -0.1) is 11.3 Å². The highest BCUT2D eigenvalue weighted by molar-refractivity contribution is 7.24. The number of urea groups is 1. The molecule has 0 spiro atoms. The summed E-state index contributed by atoms with van der Waals surface area (Å²) in [4.78, 5) is 20.4. The fraction of sp³-hybridized carbons (Fsp3) is 0.308. The molecule has 22 heavy (non-hydrogen) atoms. The zero-order valence-corrected chi connectivity index (χ0v) is 13.3. The molecule has 2 heterocycles. The van der Waals surface area contributed by atoms with Crippen molar-refractivity contribution in [2.75, 3.05) is 5.32 Å². The van der Waals surface area contributed by atoms with Crippen molar-refractivity contribution < 1.29 is 13.6 Å². The number of anilines is 1. The number of carbonyl (C=O) groups excluding carboxylic acids is 1. The average Bonchev–Trinajstić information content (AvgIpc) is 3.01. The van der Waals surface area contributed by atoms with Crippen LogP contribution in [0.25, 0.3) is 20.4 Å². The maximum Gasteiger partial charge on any atom is 0.321 e. The van der Waals surface area contributed by atoms with Crippen molar-refractivity contribution in [1.82, 2.24) is 15.3 Å². The number of rotatable bonds is 3. The lowest BCUT2D eigenvalue weighted by atomic mass is 10.1. The van der Waals surface area contributed by atoms with E-state index in [0.717, 1.165) is 14.9 Å². The number of thiazole rings is 2. The Hall–Kier alpha value is -1.87. The van der Waals surface area contributed by atoms with E-state index in [9.17, 15) is 13.6 Å². The van der Waals surface area contributed by atoms with Crippen LogP contribution in [0.2, 0.25) is 0 Å². The molecular weight excluding hydrogens is 330 g/mol. The first kappa shape index (κ1) is 15.0. The van der Waals surface area contributed by atoms with E-state index in [4.69, 9.17) is 0 Å². The van der Waals surface area contributed by atoms with Gasteiger partial charge in [0.2, 0.25) is 0 Å². The summed E-state index contributed by atoms with van der Waals surface area (Å²) in [5.41, 5.74) is 1.69. The van der Waals surface area contributed by atoms with Gasteiger partial charge in [0.05, 0.1) is 26.0 Å². The van der Waals surface area contributed by atoms with Crippen molar-refractivity contribution >= 4 is 54.3 Å². The topological polar surface area (TPSA) is 66.9 Å². The van der Waals surface area contributed by atoms with Crippen LogP contribution in [0.3, 0.4) is 0 Å². The number of benzene rings is 1. The molecule has 0 saturated heterocycles. The molecule has 0 aliphatic heterocycles. The lowest BCUT2D eigenvalue weighted by molar-refractivity contribution is 0.0580. The van der Waals surface area contributed by atoms with Gasteiger partial charge in [0.25, 0.3) is 6.43 Å². The predicted molar refractivity (Wildman–Crippen MR) is 85.0 cm³/mol. The van der Waals surface area contributed by atoms with Crippen molar-refractivity contribution in [3.05, 3.63) is 17.6 Å². The van der Waals surface area contributed by atoms with Gasteiger partial charge in [0, 0.05) is 0 Å². The van der Waals surface area contributed by atoms with E-state index in [1.165, 1.54) is 36.5 Å². The van der Waals surface area contributed by atoms with Gasteiger partial charge in [-0.1, -0.05) is 11.3 Å². The van der Waals surface area contributed by atoms with Crippen LogP contribution in [0.5, 0.6) is 0 Å². The van der Waals surface area contributed by atoms with Crippen LogP contribution in [0.1, 0.15) is 13.8 Å². The van der Waals surface area contributed by atoms with Crippen LogP contribution in [-0.4, -0.2) is 28.0 Å². The lowest BCUT2D eigenvalue weighted by Crippen LogP contribution is -2.50. The standard InChI is InChI=1S/C13H12F2N4OS2/c1-13(2,10(14)15)19-11(20)18-12-17-6-3-4-7-8(9(6)22-12)16-5-21-7/h3-5,10H,1-2H3,(H2,17,18,19,20). The molecule has 3 rings (SSSR count). The van der Waals surface area contributed by atoms with Crippen molar-refractivity contribution in [3.63, 3.8) is 0 Å². The number of hydrogen-bond acceptors (Lipinski definition) is 5. The normalized spacial score (nSPS) is 12.2. The highest BCUT2D eigenvalue weighted by Crippen LogP contribution is 2.33. The molecule has 0 unspecified atom stereocenters. The number of halogens is 2. The molecule has 0 bridgehead atoms. The summed E-state index contributed by atoms with van der Waals surface area (Å²) < 4.78 is 27.4. The monoisotopic (exact) mass is 342 g/mol. The van der Waals surface area contributed by atoms with Crippen LogP contribution >= 0.6 is 22.7 Å². The van der Waals surface area contributed by atoms with Crippen LogP contribution in [0.4, 0.5) is 18.7 Å². The molecule has 0 radical (unpaired) electrons. The van der Waals surface area contributed by atoms with Gasteiger partial charge in [-0.3, -0.25) is 5.32 Å². The molecule has 116 valence electrons.